The predicted octanol–water partition coefficient (Wildman–Crippen LogP) is 3.23. The van der Waals surface area contributed by atoms with Gasteiger partial charge in [-0.25, -0.2) is 4.74 Å². The van der Waals surface area contributed by atoms with Gasteiger partial charge in [0.1, 0.15) is 6.42 Å². The zero-order valence-corrected chi connectivity index (χ0v) is 8.95. The highest BCUT2D eigenvalue weighted by molar-refractivity contribution is 5.88. The van der Waals surface area contributed by atoms with Crippen LogP contribution in [0.3, 0.4) is 0 Å². The van der Waals surface area contributed by atoms with E-state index in [4.69, 9.17) is 5.11 Å². The normalized spacial score (nSPS) is 14.1. The Labute approximate surface area is 104 Å². The number of carbonyl (C=O) groups is 1. The van der Waals surface area contributed by atoms with Crippen molar-refractivity contribution in [3.63, 3.8) is 0 Å². The number of ether oxygens (including phenoxy) is 1. The Morgan fingerprint density at radius 2 is 1.35 bits per heavy atom. The average molecular weight is 319 g/mol. The summed E-state index contributed by atoms with van der Waals surface area (Å²) in [5.41, 5.74) is -1.66. The van der Waals surface area contributed by atoms with E-state index >= 15 is 0 Å². The number of carboxylic acid groups (broad SMARTS) is 1. The molecule has 0 saturated heterocycles. The third-order valence-electron chi connectivity index (χ3n) is 1.60. The lowest BCUT2D eigenvalue weighted by Crippen LogP contribution is -2.52. The van der Waals surface area contributed by atoms with Gasteiger partial charge in [0.05, 0.1) is 0 Å². The molecule has 0 aromatic rings. The molecule has 0 unspecified atom stereocenters. The van der Waals surface area contributed by atoms with Crippen molar-refractivity contribution in [1.29, 1.82) is 0 Å². The second kappa shape index (κ2) is 5.07. The Kier molecular flexibility index (Phi) is 4.67. The zero-order chi connectivity index (χ0) is 16.6. The second-order valence-electron chi connectivity index (χ2n) is 3.23. The van der Waals surface area contributed by atoms with Gasteiger partial charge in [0, 0.05) is 6.58 Å². The summed E-state index contributed by atoms with van der Waals surface area (Å²) in [7, 11) is 0. The minimum Gasteiger partial charge on any atom is -0.417 e. The molecule has 1 N–H and O–H groups in total. The van der Waals surface area contributed by atoms with E-state index in [1.165, 1.54) is 0 Å². The topological polar surface area (TPSA) is 46.5 Å². The molecule has 0 aliphatic rings. The molecule has 0 fully saturated rings. The Bertz CT molecular complexity index is 398. The fraction of sp³-hybridized carbons (Fsp3) is 0.500. The molecule has 0 aromatic heterocycles. The van der Waals surface area contributed by atoms with Crippen molar-refractivity contribution in [1.82, 2.24) is 0 Å². The minimum atomic E-state index is -6.67. The van der Waals surface area contributed by atoms with Gasteiger partial charge in [0.15, 0.2) is 0 Å². The van der Waals surface area contributed by atoms with Gasteiger partial charge in [0.25, 0.3) is 0 Å². The van der Waals surface area contributed by atoms with Gasteiger partial charge in [-0.2, -0.15) is 44.3 Å². The van der Waals surface area contributed by atoms with Gasteiger partial charge in [-0.15, -0.1) is 0 Å². The summed E-state index contributed by atoms with van der Waals surface area (Å²) in [6, 6.07) is 0. The first-order chi connectivity index (χ1) is 8.53. The molecular weight excluding hydrogens is 315 g/mol. The van der Waals surface area contributed by atoms with Crippen molar-refractivity contribution < 1.29 is 54.2 Å². The van der Waals surface area contributed by atoms with Crippen LogP contribution in [0.4, 0.5) is 39.5 Å². The summed E-state index contributed by atoms with van der Waals surface area (Å²) < 4.78 is 112. The van der Waals surface area contributed by atoms with Gasteiger partial charge in [-0.3, -0.25) is 0 Å². The predicted molar refractivity (Wildman–Crippen MR) is 43.1 cm³/mol. The number of halogens is 9. The number of rotatable bonds is 6. The van der Waals surface area contributed by atoms with Crippen molar-refractivity contribution >= 4 is 5.97 Å². The molecule has 0 heterocycles. The molecule has 0 spiro atoms. The molecule has 20 heavy (non-hydrogen) atoms. The van der Waals surface area contributed by atoms with E-state index in [2.05, 4.69) is 6.58 Å². The maximum atomic E-state index is 12.8. The van der Waals surface area contributed by atoms with E-state index in [0.717, 1.165) is 0 Å². The lowest BCUT2D eigenvalue weighted by molar-refractivity contribution is -0.482. The van der Waals surface area contributed by atoms with Crippen LogP contribution in [0.15, 0.2) is 12.2 Å². The fourth-order valence-electron chi connectivity index (χ4n) is 0.651. The Morgan fingerprint density at radius 3 is 1.65 bits per heavy atom. The van der Waals surface area contributed by atoms with E-state index in [0.29, 0.717) is 0 Å². The minimum absolute atomic E-state index is 1.11. The van der Waals surface area contributed by atoms with Gasteiger partial charge in [-0.05, 0) is 0 Å². The Hall–Kier alpha value is -1.59. The van der Waals surface area contributed by atoms with E-state index in [1.54, 1.807) is 0 Å². The van der Waals surface area contributed by atoms with Crippen molar-refractivity contribution in [3.8, 4) is 0 Å². The number of alkyl halides is 9. The molecule has 0 saturated carbocycles. The summed E-state index contributed by atoms with van der Waals surface area (Å²) in [6.07, 6.45) is -20.7. The van der Waals surface area contributed by atoms with E-state index in [-0.39, 0.29) is 0 Å². The summed E-state index contributed by atoms with van der Waals surface area (Å²) >= 11 is 0. The molecule has 0 aliphatic heterocycles. The molecule has 3 nitrogen and oxygen atoms in total. The smallest absolute Gasteiger partial charge is 0.417 e. The summed E-state index contributed by atoms with van der Waals surface area (Å²) in [4.78, 5) is 10.1. The summed E-state index contributed by atoms with van der Waals surface area (Å²) in [5.74, 6) is -7.99. The first-order valence-electron chi connectivity index (χ1n) is 4.22. The van der Waals surface area contributed by atoms with Gasteiger partial charge < -0.3 is 5.11 Å². The monoisotopic (exact) mass is 319 g/mol. The first-order valence-corrected chi connectivity index (χ1v) is 4.22. The van der Waals surface area contributed by atoms with Crippen LogP contribution >= 0.6 is 0 Å². The molecule has 0 aromatic carbocycles. The van der Waals surface area contributed by atoms with Crippen LogP contribution in [0, 0.1) is 6.42 Å². The van der Waals surface area contributed by atoms with Crippen LogP contribution < -0.4 is 0 Å². The lowest BCUT2D eigenvalue weighted by Gasteiger charge is -2.28. The largest absolute Gasteiger partial charge is 0.483 e. The van der Waals surface area contributed by atoms with Gasteiger partial charge in [0.2, 0.25) is 5.57 Å². The first kappa shape index (κ1) is 18.4. The van der Waals surface area contributed by atoms with Gasteiger partial charge in [-0.1, -0.05) is 0 Å². The Morgan fingerprint density at radius 1 is 0.950 bits per heavy atom. The van der Waals surface area contributed by atoms with Crippen molar-refractivity contribution in [2.75, 3.05) is 0 Å². The van der Waals surface area contributed by atoms with Gasteiger partial charge >= 0.3 is 30.3 Å². The highest BCUT2D eigenvalue weighted by Crippen LogP contribution is 2.46. The molecule has 12 heteroatoms. The highest BCUT2D eigenvalue weighted by atomic mass is 19.4. The fourth-order valence-corrected chi connectivity index (χ4v) is 0.651. The highest BCUT2D eigenvalue weighted by Gasteiger charge is 2.71. The van der Waals surface area contributed by atoms with Crippen LogP contribution in [-0.2, 0) is 9.53 Å². The van der Waals surface area contributed by atoms with Crippen LogP contribution in [0.25, 0.3) is 0 Å². The third kappa shape index (κ3) is 3.95. The Balaban J connectivity index is 5.22. The molecule has 0 aliphatic carbocycles. The van der Waals surface area contributed by atoms with Crippen LogP contribution in [0.5, 0.6) is 0 Å². The molecule has 0 bridgehead atoms. The number of hydrogen-bond acceptors (Lipinski definition) is 2. The van der Waals surface area contributed by atoms with E-state index < -0.39 is 42.3 Å². The van der Waals surface area contributed by atoms with Crippen LogP contribution in [0.2, 0.25) is 0 Å². The number of aliphatic carboxylic acids is 1. The van der Waals surface area contributed by atoms with Crippen LogP contribution in [-0.4, -0.2) is 35.4 Å². The van der Waals surface area contributed by atoms with Crippen LogP contribution in [0.1, 0.15) is 0 Å². The summed E-state index contributed by atoms with van der Waals surface area (Å²) in [6.45, 7) is 2.36. The molecular formula is C8H4F9O3+. The standard InChI is InChI=1S/C8H3F9O3/c1-3(4(18)19)2-5(9,10)7(14,15)20-8(16,17)6(11,12)13/h2H,1H2/p+1. The summed E-state index contributed by atoms with van der Waals surface area (Å²) in [5, 5.41) is 8.09. The maximum Gasteiger partial charge on any atom is 0.483 e. The molecule has 116 valence electrons. The van der Waals surface area contributed by atoms with E-state index in [9.17, 15) is 44.3 Å². The van der Waals surface area contributed by atoms with E-state index in [1.807, 2.05) is 4.74 Å². The van der Waals surface area contributed by atoms with Crippen molar-refractivity contribution in [2.24, 2.45) is 0 Å². The molecule has 0 rings (SSSR count). The SMILES string of the molecule is C=C([CH+]C(F)(F)C(F)(F)OC(F)(F)C(F)(F)F)C(=O)O. The number of hydrogen-bond donors (Lipinski definition) is 1. The molecule has 0 amide bonds. The second-order valence-corrected chi connectivity index (χ2v) is 3.23. The number of carboxylic acids is 1. The molecule has 0 atom stereocenters. The third-order valence-corrected chi connectivity index (χ3v) is 1.60. The average Bonchev–Trinajstić information content (AvgIpc) is 2.12. The lowest BCUT2D eigenvalue weighted by atomic mass is 10.1. The maximum absolute atomic E-state index is 12.8. The van der Waals surface area contributed by atoms with Crippen molar-refractivity contribution in [2.45, 2.75) is 24.3 Å². The zero-order valence-electron chi connectivity index (χ0n) is 8.95. The quantitative estimate of drug-likeness (QED) is 0.464. The molecule has 0 radical (unpaired) electrons. The van der Waals surface area contributed by atoms with Crippen molar-refractivity contribution in [3.05, 3.63) is 18.6 Å².